The highest BCUT2D eigenvalue weighted by atomic mass is 16.5. The van der Waals surface area contributed by atoms with E-state index in [0.29, 0.717) is 5.92 Å². The third-order valence-corrected chi connectivity index (χ3v) is 5.84. The molecule has 0 saturated carbocycles. The van der Waals surface area contributed by atoms with Crippen LogP contribution in [-0.2, 0) is 24.2 Å². The van der Waals surface area contributed by atoms with Crippen LogP contribution in [0.3, 0.4) is 0 Å². The van der Waals surface area contributed by atoms with E-state index in [0.717, 1.165) is 70.3 Å². The number of ether oxygens (including phenoxy) is 1. The van der Waals surface area contributed by atoms with Gasteiger partial charge in [-0.3, -0.25) is 4.90 Å². The molecule has 2 aliphatic rings. The molecule has 0 aliphatic carbocycles. The summed E-state index contributed by atoms with van der Waals surface area (Å²) in [6.07, 6.45) is 7.07. The molecule has 3 aromatic heterocycles. The van der Waals surface area contributed by atoms with Gasteiger partial charge in [-0.25, -0.2) is 14.2 Å². The summed E-state index contributed by atoms with van der Waals surface area (Å²) in [5.41, 5.74) is 3.80. The van der Waals surface area contributed by atoms with Crippen molar-refractivity contribution in [2.75, 3.05) is 26.3 Å². The second-order valence-corrected chi connectivity index (χ2v) is 7.68. The fraction of sp³-hybridized carbons (Fsp3) is 0.550. The zero-order valence-electron chi connectivity index (χ0n) is 15.8. The van der Waals surface area contributed by atoms with E-state index in [-0.39, 0.29) is 0 Å². The lowest BCUT2D eigenvalue weighted by molar-refractivity contribution is 0.0835. The topological polar surface area (TPSA) is 60.5 Å². The maximum atomic E-state index is 5.47. The molecular weight excluding hydrogens is 340 g/mol. The molecule has 0 N–H and O–H groups in total. The second-order valence-electron chi connectivity index (χ2n) is 7.68. The standard InChI is InChI=1S/C20H26N6O/c1-15-3-2-7-26-19(15)17(13-21-26)14-24-8-4-18-22-20(23-25(18)10-9-24)16-5-11-27-12-6-16/h2-3,7,13,16H,4-6,8-12,14H2,1H3. The Bertz CT molecular complexity index is 914. The van der Waals surface area contributed by atoms with Crippen molar-refractivity contribution in [3.63, 3.8) is 0 Å². The fourth-order valence-electron chi connectivity index (χ4n) is 4.30. The van der Waals surface area contributed by atoms with Gasteiger partial charge in [-0.05, 0) is 31.4 Å². The smallest absolute Gasteiger partial charge is 0.154 e. The molecule has 0 bridgehead atoms. The van der Waals surface area contributed by atoms with Crippen LogP contribution in [0.5, 0.6) is 0 Å². The third-order valence-electron chi connectivity index (χ3n) is 5.84. The number of hydrogen-bond donors (Lipinski definition) is 0. The second kappa shape index (κ2) is 7.05. The molecule has 0 unspecified atom stereocenters. The maximum absolute atomic E-state index is 5.47. The van der Waals surface area contributed by atoms with Crippen molar-refractivity contribution in [3.05, 3.63) is 47.3 Å². The number of rotatable bonds is 3. The molecule has 5 heterocycles. The predicted molar refractivity (Wildman–Crippen MR) is 102 cm³/mol. The van der Waals surface area contributed by atoms with Gasteiger partial charge in [-0.1, -0.05) is 6.07 Å². The minimum absolute atomic E-state index is 0.469. The number of pyridine rings is 1. The Hall–Kier alpha value is -2.25. The minimum Gasteiger partial charge on any atom is -0.381 e. The monoisotopic (exact) mass is 366 g/mol. The zero-order valence-corrected chi connectivity index (χ0v) is 15.8. The Morgan fingerprint density at radius 2 is 2.07 bits per heavy atom. The van der Waals surface area contributed by atoms with Crippen LogP contribution in [0.1, 0.15) is 41.5 Å². The molecule has 1 fully saturated rings. The van der Waals surface area contributed by atoms with E-state index in [9.17, 15) is 0 Å². The maximum Gasteiger partial charge on any atom is 0.154 e. The molecule has 0 spiro atoms. The van der Waals surface area contributed by atoms with Crippen molar-refractivity contribution >= 4 is 5.52 Å². The molecule has 7 nitrogen and oxygen atoms in total. The molecule has 1 saturated heterocycles. The van der Waals surface area contributed by atoms with Crippen LogP contribution < -0.4 is 0 Å². The van der Waals surface area contributed by atoms with Crippen molar-refractivity contribution < 1.29 is 4.74 Å². The minimum atomic E-state index is 0.469. The summed E-state index contributed by atoms with van der Waals surface area (Å²) in [7, 11) is 0. The molecule has 142 valence electrons. The Morgan fingerprint density at radius 3 is 2.96 bits per heavy atom. The van der Waals surface area contributed by atoms with E-state index in [1.807, 2.05) is 23.0 Å². The third kappa shape index (κ3) is 3.26. The first kappa shape index (κ1) is 16.9. The lowest BCUT2D eigenvalue weighted by atomic mass is 10.00. The van der Waals surface area contributed by atoms with Crippen LogP contribution in [0.4, 0.5) is 0 Å². The Morgan fingerprint density at radius 1 is 1.19 bits per heavy atom. The average Bonchev–Trinajstić information content (AvgIpc) is 3.25. The highest BCUT2D eigenvalue weighted by Crippen LogP contribution is 2.25. The predicted octanol–water partition coefficient (Wildman–Crippen LogP) is 2.19. The number of aryl methyl sites for hydroxylation is 1. The van der Waals surface area contributed by atoms with E-state index < -0.39 is 0 Å². The van der Waals surface area contributed by atoms with Crippen LogP contribution in [-0.4, -0.2) is 55.6 Å². The van der Waals surface area contributed by atoms with Gasteiger partial charge in [0.25, 0.3) is 0 Å². The number of hydrogen-bond acceptors (Lipinski definition) is 5. The van der Waals surface area contributed by atoms with Gasteiger partial charge in [0, 0.05) is 56.9 Å². The summed E-state index contributed by atoms with van der Waals surface area (Å²) in [5, 5.41) is 9.35. The largest absolute Gasteiger partial charge is 0.381 e. The number of nitrogens with zero attached hydrogens (tertiary/aromatic N) is 6. The summed E-state index contributed by atoms with van der Waals surface area (Å²) in [5.74, 6) is 2.63. The molecule has 3 aromatic rings. The van der Waals surface area contributed by atoms with Crippen molar-refractivity contribution in [2.45, 2.75) is 45.2 Å². The summed E-state index contributed by atoms with van der Waals surface area (Å²) >= 11 is 0. The summed E-state index contributed by atoms with van der Waals surface area (Å²) in [6, 6.07) is 4.20. The summed E-state index contributed by atoms with van der Waals surface area (Å²) in [4.78, 5) is 7.38. The van der Waals surface area contributed by atoms with E-state index >= 15 is 0 Å². The van der Waals surface area contributed by atoms with Crippen LogP contribution >= 0.6 is 0 Å². The Balaban J connectivity index is 1.29. The van der Waals surface area contributed by atoms with Gasteiger partial charge >= 0.3 is 0 Å². The van der Waals surface area contributed by atoms with Crippen molar-refractivity contribution in [1.29, 1.82) is 0 Å². The summed E-state index contributed by atoms with van der Waals surface area (Å²) < 4.78 is 9.58. The van der Waals surface area contributed by atoms with Gasteiger partial charge in [-0.15, -0.1) is 0 Å². The zero-order chi connectivity index (χ0) is 18.2. The van der Waals surface area contributed by atoms with Crippen LogP contribution in [0, 0.1) is 6.92 Å². The van der Waals surface area contributed by atoms with E-state index in [1.54, 1.807) is 0 Å². The molecule has 0 aromatic carbocycles. The van der Waals surface area contributed by atoms with Gasteiger partial charge < -0.3 is 4.74 Å². The average molecular weight is 366 g/mol. The molecule has 27 heavy (non-hydrogen) atoms. The van der Waals surface area contributed by atoms with Crippen molar-refractivity contribution in [2.24, 2.45) is 0 Å². The quantitative estimate of drug-likeness (QED) is 0.711. The first-order valence-corrected chi connectivity index (χ1v) is 9.93. The van der Waals surface area contributed by atoms with Gasteiger partial charge in [0.2, 0.25) is 0 Å². The molecule has 2 aliphatic heterocycles. The van der Waals surface area contributed by atoms with Gasteiger partial charge in [0.1, 0.15) is 5.82 Å². The normalized spacial score (nSPS) is 19.3. The first-order valence-electron chi connectivity index (χ1n) is 9.93. The lowest BCUT2D eigenvalue weighted by Crippen LogP contribution is -2.26. The van der Waals surface area contributed by atoms with E-state index in [4.69, 9.17) is 14.8 Å². The van der Waals surface area contributed by atoms with E-state index in [2.05, 4.69) is 27.7 Å². The lowest BCUT2D eigenvalue weighted by Gasteiger charge is -2.20. The highest BCUT2D eigenvalue weighted by molar-refractivity contribution is 5.59. The molecule has 5 rings (SSSR count). The van der Waals surface area contributed by atoms with Crippen molar-refractivity contribution in [1.82, 2.24) is 29.3 Å². The number of aromatic nitrogens is 5. The molecule has 7 heteroatoms. The van der Waals surface area contributed by atoms with Gasteiger partial charge in [0.05, 0.1) is 18.3 Å². The molecule has 0 radical (unpaired) electrons. The fourth-order valence-corrected chi connectivity index (χ4v) is 4.30. The highest BCUT2D eigenvalue weighted by Gasteiger charge is 2.24. The Labute approximate surface area is 158 Å². The number of fused-ring (bicyclic) bond motifs is 2. The van der Waals surface area contributed by atoms with Crippen LogP contribution in [0.2, 0.25) is 0 Å². The molecule has 0 atom stereocenters. The Kier molecular flexibility index (Phi) is 4.41. The first-order chi connectivity index (χ1) is 13.3. The van der Waals surface area contributed by atoms with Crippen LogP contribution in [0.15, 0.2) is 24.5 Å². The van der Waals surface area contributed by atoms with Gasteiger partial charge in [-0.2, -0.15) is 10.2 Å². The van der Waals surface area contributed by atoms with Crippen LogP contribution in [0.25, 0.3) is 5.52 Å². The van der Waals surface area contributed by atoms with Gasteiger partial charge in [0.15, 0.2) is 5.82 Å². The SMILES string of the molecule is Cc1cccn2ncc(CN3CCc4nc(C5CCOCC5)nn4CC3)c12. The molecule has 0 amide bonds. The van der Waals surface area contributed by atoms with Crippen molar-refractivity contribution in [3.8, 4) is 0 Å². The van der Waals surface area contributed by atoms with E-state index in [1.165, 1.54) is 16.6 Å². The molecular formula is C20H26N6O. The summed E-state index contributed by atoms with van der Waals surface area (Å²) in [6.45, 7) is 7.65.